The van der Waals surface area contributed by atoms with Crippen LogP contribution in [0.2, 0.25) is 0 Å². The molecule has 2 aromatic rings. The zero-order valence-corrected chi connectivity index (χ0v) is 17.6. The van der Waals surface area contributed by atoms with Gasteiger partial charge in [0.2, 0.25) is 21.8 Å². The maximum Gasteiger partial charge on any atom is 0.243 e. The summed E-state index contributed by atoms with van der Waals surface area (Å²) < 4.78 is 27.3. The predicted molar refractivity (Wildman–Crippen MR) is 112 cm³/mol. The van der Waals surface area contributed by atoms with E-state index in [2.05, 4.69) is 10.3 Å². The first-order valence-electron chi connectivity index (χ1n) is 9.95. The number of nitrogens with zero attached hydrogens (tertiary/aromatic N) is 3. The van der Waals surface area contributed by atoms with Crippen molar-refractivity contribution in [3.63, 3.8) is 0 Å². The molecule has 2 heterocycles. The number of hydrogen-bond acceptors (Lipinski definition) is 5. The number of aromatic nitrogens is 1. The SMILES string of the molecule is O=C1CCN(S(=O)(=O)c2ccccc2)CCCN(C(=O)Cc2cccnc2)CCN1. The molecule has 0 saturated carbocycles. The van der Waals surface area contributed by atoms with Gasteiger partial charge in [-0.15, -0.1) is 0 Å². The molecule has 1 aliphatic rings. The van der Waals surface area contributed by atoms with Crippen molar-refractivity contribution >= 4 is 21.8 Å². The molecule has 1 aromatic carbocycles. The minimum atomic E-state index is -3.71. The molecule has 160 valence electrons. The lowest BCUT2D eigenvalue weighted by molar-refractivity contribution is -0.131. The quantitative estimate of drug-likeness (QED) is 0.782. The molecule has 0 atom stereocenters. The third-order valence-electron chi connectivity index (χ3n) is 4.94. The van der Waals surface area contributed by atoms with E-state index < -0.39 is 10.0 Å². The van der Waals surface area contributed by atoms with Gasteiger partial charge < -0.3 is 10.2 Å². The molecular weight excluding hydrogens is 404 g/mol. The number of pyridine rings is 1. The van der Waals surface area contributed by atoms with Crippen LogP contribution in [0.4, 0.5) is 0 Å². The van der Waals surface area contributed by atoms with Gasteiger partial charge in [0, 0.05) is 51.5 Å². The molecule has 0 spiro atoms. The van der Waals surface area contributed by atoms with Gasteiger partial charge in [-0.25, -0.2) is 8.42 Å². The van der Waals surface area contributed by atoms with Crippen LogP contribution in [0.15, 0.2) is 59.8 Å². The highest BCUT2D eigenvalue weighted by Gasteiger charge is 2.26. The van der Waals surface area contributed by atoms with Gasteiger partial charge in [-0.1, -0.05) is 24.3 Å². The van der Waals surface area contributed by atoms with Crippen molar-refractivity contribution in [2.75, 3.05) is 32.7 Å². The molecular formula is C21H26N4O4S. The number of sulfonamides is 1. The monoisotopic (exact) mass is 430 g/mol. The van der Waals surface area contributed by atoms with E-state index in [1.54, 1.807) is 53.7 Å². The Balaban J connectivity index is 1.71. The van der Waals surface area contributed by atoms with E-state index in [0.717, 1.165) is 5.56 Å². The number of amides is 2. The molecule has 1 fully saturated rings. The number of rotatable bonds is 4. The highest BCUT2D eigenvalue weighted by Crippen LogP contribution is 2.16. The van der Waals surface area contributed by atoms with Crippen LogP contribution < -0.4 is 5.32 Å². The zero-order chi connectivity index (χ0) is 21.4. The molecule has 30 heavy (non-hydrogen) atoms. The topological polar surface area (TPSA) is 99.7 Å². The average Bonchev–Trinajstić information content (AvgIpc) is 2.79. The Labute approximate surface area is 177 Å². The summed E-state index contributed by atoms with van der Waals surface area (Å²) in [6.45, 7) is 1.48. The zero-order valence-electron chi connectivity index (χ0n) is 16.7. The Kier molecular flexibility index (Phi) is 7.53. The number of nitrogens with one attached hydrogen (secondary N) is 1. The largest absolute Gasteiger partial charge is 0.354 e. The maximum atomic E-state index is 13.0. The molecule has 0 aliphatic carbocycles. The second-order valence-corrected chi connectivity index (χ2v) is 9.03. The van der Waals surface area contributed by atoms with Crippen LogP contribution in [0.25, 0.3) is 0 Å². The number of benzene rings is 1. The maximum absolute atomic E-state index is 13.0. The molecule has 1 saturated heterocycles. The summed E-state index contributed by atoms with van der Waals surface area (Å²) in [4.78, 5) is 30.8. The minimum Gasteiger partial charge on any atom is -0.354 e. The third kappa shape index (κ3) is 5.87. The van der Waals surface area contributed by atoms with Crippen LogP contribution in [0.1, 0.15) is 18.4 Å². The summed E-state index contributed by atoms with van der Waals surface area (Å²) in [5.74, 6) is -0.307. The van der Waals surface area contributed by atoms with E-state index in [1.165, 1.54) is 4.31 Å². The molecule has 2 amide bonds. The van der Waals surface area contributed by atoms with Crippen molar-refractivity contribution < 1.29 is 18.0 Å². The summed E-state index contributed by atoms with van der Waals surface area (Å²) in [6, 6.07) is 11.8. The summed E-state index contributed by atoms with van der Waals surface area (Å²) in [7, 11) is -3.71. The fourth-order valence-electron chi connectivity index (χ4n) is 3.33. The van der Waals surface area contributed by atoms with E-state index in [-0.39, 0.29) is 42.6 Å². The van der Waals surface area contributed by atoms with Crippen molar-refractivity contribution in [3.05, 3.63) is 60.4 Å². The number of carbonyl (C=O) groups excluding carboxylic acids is 2. The van der Waals surface area contributed by atoms with Gasteiger partial charge in [0.15, 0.2) is 0 Å². The van der Waals surface area contributed by atoms with Crippen molar-refractivity contribution in [3.8, 4) is 0 Å². The molecule has 8 nitrogen and oxygen atoms in total. The second kappa shape index (κ2) is 10.3. The highest BCUT2D eigenvalue weighted by atomic mass is 32.2. The fraction of sp³-hybridized carbons (Fsp3) is 0.381. The van der Waals surface area contributed by atoms with Crippen LogP contribution in [-0.2, 0) is 26.0 Å². The van der Waals surface area contributed by atoms with Gasteiger partial charge in [0.1, 0.15) is 0 Å². The first-order chi connectivity index (χ1) is 14.5. The van der Waals surface area contributed by atoms with Crippen molar-refractivity contribution in [1.82, 2.24) is 19.5 Å². The van der Waals surface area contributed by atoms with Crippen LogP contribution in [0.3, 0.4) is 0 Å². The Morgan fingerprint density at radius 3 is 2.57 bits per heavy atom. The predicted octanol–water partition coefficient (Wildman–Crippen LogP) is 1.05. The van der Waals surface area contributed by atoms with Crippen LogP contribution in [-0.4, -0.2) is 67.1 Å². The summed E-state index contributed by atoms with van der Waals surface area (Å²) in [5.41, 5.74) is 0.814. The van der Waals surface area contributed by atoms with E-state index in [4.69, 9.17) is 0 Å². The minimum absolute atomic E-state index is 0.0750. The molecule has 1 aliphatic heterocycles. The van der Waals surface area contributed by atoms with Crippen molar-refractivity contribution in [2.24, 2.45) is 0 Å². The normalized spacial score (nSPS) is 17.1. The third-order valence-corrected chi connectivity index (χ3v) is 6.85. The molecule has 3 rings (SSSR count). The van der Waals surface area contributed by atoms with Gasteiger partial charge in [-0.05, 0) is 30.2 Å². The summed E-state index contributed by atoms with van der Waals surface area (Å²) in [6.07, 6.45) is 4.08. The molecule has 0 radical (unpaired) electrons. The molecule has 0 unspecified atom stereocenters. The van der Waals surface area contributed by atoms with E-state index >= 15 is 0 Å². The van der Waals surface area contributed by atoms with Gasteiger partial charge >= 0.3 is 0 Å². The molecule has 0 bridgehead atoms. The standard InChI is InChI=1S/C21H26N4O4S/c26-20-9-14-25(30(28,29)19-7-2-1-3-8-19)13-5-12-24(15-11-23-20)21(27)16-18-6-4-10-22-17-18/h1-4,6-8,10,17H,5,9,11-16H2,(H,23,26). The van der Waals surface area contributed by atoms with E-state index in [9.17, 15) is 18.0 Å². The fourth-order valence-corrected chi connectivity index (χ4v) is 4.83. The lowest BCUT2D eigenvalue weighted by Crippen LogP contribution is -2.40. The van der Waals surface area contributed by atoms with Crippen LogP contribution in [0.5, 0.6) is 0 Å². The summed E-state index contributed by atoms with van der Waals surface area (Å²) >= 11 is 0. The Hall–Kier alpha value is -2.78. The average molecular weight is 431 g/mol. The number of carbonyl (C=O) groups is 2. The molecule has 1 aromatic heterocycles. The first-order valence-corrected chi connectivity index (χ1v) is 11.4. The Bertz CT molecular complexity index is 951. The molecule has 1 N–H and O–H groups in total. The first kappa shape index (κ1) is 21.9. The van der Waals surface area contributed by atoms with Crippen molar-refractivity contribution in [2.45, 2.75) is 24.2 Å². The highest BCUT2D eigenvalue weighted by molar-refractivity contribution is 7.89. The smallest absolute Gasteiger partial charge is 0.243 e. The van der Waals surface area contributed by atoms with E-state index in [1.807, 2.05) is 6.07 Å². The number of hydrogen-bond donors (Lipinski definition) is 1. The lowest BCUT2D eigenvalue weighted by Gasteiger charge is -2.25. The molecule has 9 heteroatoms. The van der Waals surface area contributed by atoms with E-state index in [0.29, 0.717) is 26.1 Å². The summed E-state index contributed by atoms with van der Waals surface area (Å²) in [5, 5.41) is 2.77. The van der Waals surface area contributed by atoms with Crippen LogP contribution in [0, 0.1) is 0 Å². The van der Waals surface area contributed by atoms with Gasteiger partial charge in [-0.3, -0.25) is 14.6 Å². The van der Waals surface area contributed by atoms with Gasteiger partial charge in [-0.2, -0.15) is 4.31 Å². The Morgan fingerprint density at radius 2 is 1.83 bits per heavy atom. The van der Waals surface area contributed by atoms with Crippen molar-refractivity contribution in [1.29, 1.82) is 0 Å². The Morgan fingerprint density at radius 1 is 1.03 bits per heavy atom. The van der Waals surface area contributed by atoms with Gasteiger partial charge in [0.05, 0.1) is 11.3 Å². The van der Waals surface area contributed by atoms with Crippen LogP contribution >= 0.6 is 0 Å². The second-order valence-electron chi connectivity index (χ2n) is 7.09. The van der Waals surface area contributed by atoms with Gasteiger partial charge in [0.25, 0.3) is 0 Å². The lowest BCUT2D eigenvalue weighted by atomic mass is 10.2.